The van der Waals surface area contributed by atoms with Crippen LogP contribution in [-0.2, 0) is 24.0 Å². The maximum absolute atomic E-state index is 13.0. The van der Waals surface area contributed by atoms with E-state index in [1.165, 1.54) is 9.80 Å². The summed E-state index contributed by atoms with van der Waals surface area (Å²) in [5, 5.41) is 15.0. The molecule has 0 aromatic carbocycles. The number of likely N-dealkylation sites (tertiary alicyclic amines) is 2. The second kappa shape index (κ2) is 26.0. The number of hydrogen-bond acceptors (Lipinski definition) is 5. The zero-order chi connectivity index (χ0) is 39.2. The van der Waals surface area contributed by atoms with Crippen molar-refractivity contribution < 1.29 is 77.6 Å². The fourth-order valence-corrected chi connectivity index (χ4v) is 4.83. The predicted octanol–water partition coefficient (Wildman–Crippen LogP) is 8.27. The van der Waals surface area contributed by atoms with Crippen LogP contribution in [0.4, 0.5) is 0 Å². The molecule has 2 aliphatic heterocycles. The number of nitrogens with one attached hydrogen (secondary N) is 2. The molecular formula is C44H100N4O6. The van der Waals surface area contributed by atoms with Crippen molar-refractivity contribution in [1.82, 2.24) is 20.4 Å². The summed E-state index contributed by atoms with van der Waals surface area (Å²) in [6, 6.07) is -2.74. The highest BCUT2D eigenvalue weighted by Crippen LogP contribution is 2.19. The van der Waals surface area contributed by atoms with E-state index in [-0.39, 0.29) is 67.4 Å². The molecule has 2 rings (SSSR count). The van der Waals surface area contributed by atoms with Crippen molar-refractivity contribution in [3.63, 3.8) is 0 Å². The zero-order valence-electron chi connectivity index (χ0n) is 29.7. The molecule has 3 N–H and O–H groups in total. The van der Waals surface area contributed by atoms with Crippen molar-refractivity contribution in [2.24, 2.45) is 0 Å². The smallest absolute Gasteiger partial charge is 0.326 e. The number of nitrogens with zero attached hydrogens (tertiary/aromatic N) is 2. The Balaban J connectivity index is -0.0000000287. The first-order chi connectivity index (χ1) is 26.3. The Hall–Kier alpha value is -7.93. The summed E-state index contributed by atoms with van der Waals surface area (Å²) in [6.45, 7) is 4.23. The van der Waals surface area contributed by atoms with Gasteiger partial charge in [0, 0.05) is 80.0 Å². The van der Waals surface area contributed by atoms with E-state index < -0.39 is 41.8 Å². The van der Waals surface area contributed by atoms with Gasteiger partial charge in [0.1, 0.15) is 18.1 Å². The number of unbranched alkanes of at least 4 members (excludes halogenated alkanes) is 1. The van der Waals surface area contributed by atoms with Crippen molar-refractivity contribution in [3.05, 3.63) is 0 Å². The van der Waals surface area contributed by atoms with E-state index in [4.69, 9.17) is 0 Å². The van der Waals surface area contributed by atoms with Crippen LogP contribution in [0.15, 0.2) is 0 Å². The lowest BCUT2D eigenvalue weighted by molar-refractivity contribution is -0.143. The number of carboxylic acids is 1. The molecule has 4 amide bonds. The monoisotopic (exact) mass is 781 g/mol. The molecule has 54 heavy (non-hydrogen) atoms. The summed E-state index contributed by atoms with van der Waals surface area (Å²) in [6.07, 6.45) is 2.92. The minimum Gasteiger partial charge on any atom is -0.480 e. The van der Waals surface area contributed by atoms with Gasteiger partial charge in [-0.1, -0.05) is 11.8 Å². The minimum atomic E-state index is -1.22. The van der Waals surface area contributed by atoms with Crippen LogP contribution in [0.1, 0.15) is 107 Å². The van der Waals surface area contributed by atoms with E-state index in [0.29, 0.717) is 51.6 Å². The highest BCUT2D eigenvalue weighted by Gasteiger charge is 2.36. The first-order valence-corrected chi connectivity index (χ1v) is 16.6. The number of carbonyl (C=O) groups excluding carboxylic acids is 4. The molecule has 2 heterocycles. The molecule has 2 aliphatic rings. The zero-order valence-corrected chi connectivity index (χ0v) is 29.7. The fourth-order valence-electron chi connectivity index (χ4n) is 4.83. The molecule has 0 radical (unpaired) electrons. The van der Waals surface area contributed by atoms with E-state index in [1.807, 2.05) is 0 Å². The fraction of sp³-hybridized carbons (Fsp3) is 0.341. The highest BCUT2D eigenvalue weighted by molar-refractivity contribution is 5.99. The third kappa shape index (κ3) is 16.7. The van der Waals surface area contributed by atoms with Gasteiger partial charge in [-0.3, -0.25) is 19.2 Å². The van der Waals surface area contributed by atoms with Crippen molar-refractivity contribution >= 4 is 29.6 Å². The van der Waals surface area contributed by atoms with Gasteiger partial charge >= 0.3 is 5.97 Å². The van der Waals surface area contributed by atoms with Crippen molar-refractivity contribution in [1.29, 1.82) is 0 Å². The quantitative estimate of drug-likeness (QED) is 0.159. The predicted molar refractivity (Wildman–Crippen MR) is 272 cm³/mol. The molecule has 332 valence electrons. The van der Waals surface area contributed by atoms with E-state index in [0.717, 1.165) is 0 Å². The Morgan fingerprint density at radius 2 is 0.981 bits per heavy atom. The lowest BCUT2D eigenvalue weighted by Gasteiger charge is -2.24. The van der Waals surface area contributed by atoms with Crippen molar-refractivity contribution in [2.45, 2.75) is 76.9 Å². The van der Waals surface area contributed by atoms with E-state index in [2.05, 4.69) is 153 Å². The normalized spacial score (nSPS) is 14.0. The average Bonchev–Trinajstić information content (AvgIpc) is 3.86. The lowest BCUT2D eigenvalue weighted by atomic mass is 10.1. The SMILES string of the molecule is CC#CC#CC#CC#CC#CC#CC(=O)N1CCCC1C(=O)NCCCCC(NC(=O)C1CCCN1C(=O)C#CC#CC#CC#CC#CC#CC)C(=O)O.[HH].[HH].[HH].[HH].[HH].[HH].[HH].[HH].[HH].[HH].[HH].[HH].[HH].[HH].[HH].[HH].[HH].[HH].[HH].[HH].[HH].[HH].[HH].[HH].[HH].[HH].[HH].[HH].[HH].[HH].[HH].[HH].[HH].[HH]. The second-order valence-corrected chi connectivity index (χ2v) is 10.7. The number of carboxylic acid groups (broad SMARTS) is 1. The molecule has 10 heteroatoms. The number of rotatable bonds is 9. The largest absolute Gasteiger partial charge is 0.480 e. The Morgan fingerprint density at radius 1 is 0.593 bits per heavy atom. The van der Waals surface area contributed by atoms with Gasteiger partial charge in [-0.05, 0) is 177 Å². The standard InChI is InChI=1S/C44H32N4O6.34H2/c1-3-5-7-9-11-13-15-17-19-21-23-32-40(49)47-35-27-30-38(47)42(51)45-34-26-25-29-37(44(53)54)46-43(52)39-31-28-36-48(39)41(50)33-24-22-20-18-16-14-12-10-8-6-4-2;;;;;;;;;;;;;;;;;;;;;;;;;;;;;;;;;;/h37-39H,25-31,34-36H2,1-2H3,(H,45,51)(H,46,52)(H,53,54);34*1H. The molecule has 2 fully saturated rings. The highest BCUT2D eigenvalue weighted by atomic mass is 16.4. The molecule has 3 unspecified atom stereocenters. The lowest BCUT2D eigenvalue weighted by Crippen LogP contribution is -2.50. The van der Waals surface area contributed by atoms with Gasteiger partial charge in [0.15, 0.2) is 0 Å². The molecule has 10 nitrogen and oxygen atoms in total. The molecule has 0 saturated carbocycles. The molecule has 0 spiro atoms. The van der Waals surface area contributed by atoms with Crippen LogP contribution in [-0.4, -0.2) is 82.3 Å². The maximum Gasteiger partial charge on any atom is 0.326 e. The second-order valence-electron chi connectivity index (χ2n) is 10.7. The van der Waals surface area contributed by atoms with Crippen LogP contribution in [0.25, 0.3) is 0 Å². The van der Waals surface area contributed by atoms with E-state index in [9.17, 15) is 29.1 Å². The summed E-state index contributed by atoms with van der Waals surface area (Å²) in [7, 11) is 0. The number of carbonyl (C=O) groups is 5. The van der Waals surface area contributed by atoms with Crippen LogP contribution in [0.2, 0.25) is 0 Å². The first-order valence-electron chi connectivity index (χ1n) is 16.6. The van der Waals surface area contributed by atoms with Gasteiger partial charge in [0.25, 0.3) is 11.8 Å². The molecule has 2 saturated heterocycles. The summed E-state index contributed by atoms with van der Waals surface area (Å²) in [5.74, 6) is 56.2. The van der Waals surface area contributed by atoms with Crippen LogP contribution in [0.3, 0.4) is 0 Å². The number of aliphatic carboxylic acids is 1. The topological polar surface area (TPSA) is 136 Å². The summed E-state index contributed by atoms with van der Waals surface area (Å²) >= 11 is 0. The van der Waals surface area contributed by atoms with Gasteiger partial charge in [-0.15, -0.1) is 0 Å². The molecule has 0 aromatic heterocycles. The average molecular weight is 781 g/mol. The molecular weight excluding hydrogens is 681 g/mol. The van der Waals surface area contributed by atoms with Crippen LogP contribution >= 0.6 is 0 Å². The van der Waals surface area contributed by atoms with E-state index in [1.54, 1.807) is 13.8 Å². The van der Waals surface area contributed by atoms with Crippen LogP contribution < -0.4 is 10.6 Å². The first kappa shape index (κ1) is 42.2. The van der Waals surface area contributed by atoms with Crippen molar-refractivity contribution in [2.75, 3.05) is 19.6 Å². The maximum atomic E-state index is 13.0. The number of amides is 4. The van der Waals surface area contributed by atoms with Gasteiger partial charge in [-0.25, -0.2) is 4.79 Å². The molecule has 0 bridgehead atoms. The van der Waals surface area contributed by atoms with Gasteiger partial charge in [-0.2, -0.15) is 0 Å². The third-order valence-electron chi connectivity index (χ3n) is 7.18. The summed E-state index contributed by atoms with van der Waals surface area (Å²) < 4.78 is 0. The number of hydrogen-bond donors (Lipinski definition) is 3. The van der Waals surface area contributed by atoms with Gasteiger partial charge < -0.3 is 25.5 Å². The molecule has 0 aromatic rings. The molecule has 3 atom stereocenters. The Morgan fingerprint density at radius 3 is 1.39 bits per heavy atom. The van der Waals surface area contributed by atoms with Crippen LogP contribution in [0.5, 0.6) is 0 Å². The Labute approximate surface area is 367 Å². The van der Waals surface area contributed by atoms with Gasteiger partial charge in [0.05, 0.1) is 0 Å². The third-order valence-corrected chi connectivity index (χ3v) is 7.18. The summed E-state index contributed by atoms with van der Waals surface area (Å²) in [4.78, 5) is 65.7. The molecule has 0 aliphatic carbocycles. The van der Waals surface area contributed by atoms with Gasteiger partial charge in [0.2, 0.25) is 11.8 Å². The van der Waals surface area contributed by atoms with E-state index >= 15 is 0 Å². The van der Waals surface area contributed by atoms with Crippen LogP contribution in [0, 0.1) is 142 Å². The van der Waals surface area contributed by atoms with Crippen molar-refractivity contribution in [3.8, 4) is 142 Å². The minimum absolute atomic E-state index is 0. The summed E-state index contributed by atoms with van der Waals surface area (Å²) in [5.41, 5.74) is 0. The Bertz CT molecular complexity index is 2370. The Kier molecular flexibility index (Phi) is 20.3.